The highest BCUT2D eigenvalue weighted by atomic mass is 16.5. The summed E-state index contributed by atoms with van der Waals surface area (Å²) in [6, 6.07) is 17.3. The quantitative estimate of drug-likeness (QED) is 0.329. The standard InChI is InChI=1S/C31H38N6O3/c1-22-10-9-11-23(2)36(22)29(38)21-40-27-16-14-25(15-17-27)30(39)33-32-20-28-24(3)34-37(26-12-5-4-6-13-26)31(28)35-18-7-8-19-35/h4-6,12-17,20,22-23H,7-11,18-19,21H2,1-3H3,(H,33,39)/b32-20-/t22-,23-/m1/s1. The van der Waals surface area contributed by atoms with Gasteiger partial charge in [-0.05, 0) is 89.3 Å². The molecule has 9 heteroatoms. The Morgan fingerprint density at radius 1 is 1.00 bits per heavy atom. The summed E-state index contributed by atoms with van der Waals surface area (Å²) in [5, 5.41) is 9.07. The van der Waals surface area contributed by atoms with Crippen LogP contribution in [0.15, 0.2) is 59.7 Å². The second-order valence-electron chi connectivity index (χ2n) is 10.7. The molecule has 5 rings (SSSR count). The number of carbonyl (C=O) groups is 2. The number of aromatic nitrogens is 2. The van der Waals surface area contributed by atoms with Gasteiger partial charge in [-0.15, -0.1) is 0 Å². The molecule has 210 valence electrons. The van der Waals surface area contributed by atoms with Crippen LogP contribution in [-0.4, -0.2) is 64.5 Å². The first-order valence-corrected chi connectivity index (χ1v) is 14.2. The Hall–Kier alpha value is -4.14. The third-order valence-electron chi connectivity index (χ3n) is 7.81. The van der Waals surface area contributed by atoms with Gasteiger partial charge in [0.25, 0.3) is 11.8 Å². The fourth-order valence-corrected chi connectivity index (χ4v) is 5.72. The lowest BCUT2D eigenvalue weighted by Crippen LogP contribution is -2.49. The van der Waals surface area contributed by atoms with E-state index in [9.17, 15) is 9.59 Å². The second kappa shape index (κ2) is 12.4. The van der Waals surface area contributed by atoms with E-state index < -0.39 is 0 Å². The lowest BCUT2D eigenvalue weighted by atomic mass is 9.97. The first kappa shape index (κ1) is 27.4. The molecule has 2 aromatic carbocycles. The van der Waals surface area contributed by atoms with Gasteiger partial charge in [0.1, 0.15) is 11.6 Å². The van der Waals surface area contributed by atoms with E-state index in [1.54, 1.807) is 30.5 Å². The van der Waals surface area contributed by atoms with E-state index in [1.165, 1.54) is 0 Å². The van der Waals surface area contributed by atoms with E-state index in [0.29, 0.717) is 11.3 Å². The van der Waals surface area contributed by atoms with Crippen LogP contribution in [0.3, 0.4) is 0 Å². The van der Waals surface area contributed by atoms with Crippen LogP contribution in [0.25, 0.3) is 5.69 Å². The fraction of sp³-hybridized carbons (Fsp3) is 0.419. The third-order valence-corrected chi connectivity index (χ3v) is 7.81. The maximum Gasteiger partial charge on any atom is 0.271 e. The highest BCUT2D eigenvalue weighted by molar-refractivity contribution is 5.96. The van der Waals surface area contributed by atoms with Gasteiger partial charge < -0.3 is 14.5 Å². The van der Waals surface area contributed by atoms with Crippen LogP contribution in [0.2, 0.25) is 0 Å². The van der Waals surface area contributed by atoms with Crippen LogP contribution in [0.1, 0.15) is 67.6 Å². The van der Waals surface area contributed by atoms with E-state index in [0.717, 1.165) is 68.0 Å². The number of anilines is 1. The normalized spacial score (nSPS) is 19.3. The summed E-state index contributed by atoms with van der Waals surface area (Å²) in [6.45, 7) is 8.04. The Labute approximate surface area is 235 Å². The monoisotopic (exact) mass is 542 g/mol. The van der Waals surface area contributed by atoms with Gasteiger partial charge >= 0.3 is 0 Å². The third kappa shape index (κ3) is 6.03. The molecule has 1 N–H and O–H groups in total. The zero-order valence-corrected chi connectivity index (χ0v) is 23.5. The van der Waals surface area contributed by atoms with E-state index in [2.05, 4.69) is 29.3 Å². The molecule has 1 aromatic heterocycles. The van der Waals surface area contributed by atoms with Gasteiger partial charge in [0.15, 0.2) is 6.61 Å². The Morgan fingerprint density at radius 2 is 1.68 bits per heavy atom. The second-order valence-corrected chi connectivity index (χ2v) is 10.7. The molecule has 3 heterocycles. The molecule has 0 bridgehead atoms. The van der Waals surface area contributed by atoms with Crippen LogP contribution in [0, 0.1) is 6.92 Å². The zero-order valence-electron chi connectivity index (χ0n) is 23.5. The molecule has 0 aliphatic carbocycles. The Bertz CT molecular complexity index is 1340. The smallest absolute Gasteiger partial charge is 0.271 e. The van der Waals surface area contributed by atoms with Gasteiger partial charge in [-0.3, -0.25) is 9.59 Å². The average Bonchev–Trinajstić information content (AvgIpc) is 3.60. The van der Waals surface area contributed by atoms with Crippen molar-refractivity contribution < 1.29 is 14.3 Å². The number of hydrogen-bond donors (Lipinski definition) is 1. The van der Waals surface area contributed by atoms with Gasteiger partial charge in [0.2, 0.25) is 0 Å². The zero-order chi connectivity index (χ0) is 28.1. The predicted octanol–water partition coefficient (Wildman–Crippen LogP) is 4.71. The van der Waals surface area contributed by atoms with Crippen molar-refractivity contribution in [1.29, 1.82) is 0 Å². The number of aryl methyl sites for hydroxylation is 1. The maximum absolute atomic E-state index is 12.8. The largest absolute Gasteiger partial charge is 0.484 e. The topological polar surface area (TPSA) is 92.1 Å². The van der Waals surface area contributed by atoms with Crippen molar-refractivity contribution in [2.24, 2.45) is 5.10 Å². The van der Waals surface area contributed by atoms with Crippen molar-refractivity contribution in [1.82, 2.24) is 20.1 Å². The Kier molecular flexibility index (Phi) is 8.48. The molecule has 0 saturated carbocycles. The summed E-state index contributed by atoms with van der Waals surface area (Å²) >= 11 is 0. The number of hydrogen-bond acceptors (Lipinski definition) is 6. The summed E-state index contributed by atoms with van der Waals surface area (Å²) in [5.74, 6) is 1.20. The molecule has 2 amide bonds. The molecular weight excluding hydrogens is 504 g/mol. The van der Waals surface area contributed by atoms with E-state index >= 15 is 0 Å². The highest BCUT2D eigenvalue weighted by Gasteiger charge is 2.29. The molecule has 3 aromatic rings. The number of likely N-dealkylation sites (tertiary alicyclic amines) is 1. The van der Waals surface area contributed by atoms with Crippen LogP contribution in [0.5, 0.6) is 5.75 Å². The minimum atomic E-state index is -0.328. The summed E-state index contributed by atoms with van der Waals surface area (Å²) in [7, 11) is 0. The maximum atomic E-state index is 12.8. The lowest BCUT2D eigenvalue weighted by molar-refractivity contribution is -0.139. The van der Waals surface area contributed by atoms with Crippen molar-refractivity contribution >= 4 is 23.8 Å². The van der Waals surface area contributed by atoms with Gasteiger partial charge in [-0.1, -0.05) is 18.2 Å². The van der Waals surface area contributed by atoms with E-state index in [4.69, 9.17) is 9.84 Å². The Balaban J connectivity index is 1.22. The molecule has 9 nitrogen and oxygen atoms in total. The number of rotatable bonds is 8. The van der Waals surface area contributed by atoms with Crippen molar-refractivity contribution in [2.75, 3.05) is 24.6 Å². The lowest BCUT2D eigenvalue weighted by Gasteiger charge is -2.38. The minimum absolute atomic E-state index is 0.00460. The van der Waals surface area contributed by atoms with Crippen LogP contribution < -0.4 is 15.1 Å². The number of carbonyl (C=O) groups excluding carboxylic acids is 2. The van der Waals surface area contributed by atoms with Crippen molar-refractivity contribution in [3.63, 3.8) is 0 Å². The first-order valence-electron chi connectivity index (χ1n) is 14.2. The average molecular weight is 543 g/mol. The predicted molar refractivity (Wildman–Crippen MR) is 156 cm³/mol. The number of piperidine rings is 1. The molecule has 2 fully saturated rings. The molecule has 40 heavy (non-hydrogen) atoms. The van der Waals surface area contributed by atoms with Gasteiger partial charge in [0.05, 0.1) is 23.2 Å². The number of benzene rings is 2. The van der Waals surface area contributed by atoms with E-state index in [1.807, 2.05) is 46.8 Å². The number of para-hydroxylation sites is 1. The molecule has 0 radical (unpaired) electrons. The van der Waals surface area contributed by atoms with Crippen molar-refractivity contribution in [3.05, 3.63) is 71.4 Å². The van der Waals surface area contributed by atoms with Crippen molar-refractivity contribution in [2.45, 2.75) is 65.0 Å². The summed E-state index contributed by atoms with van der Waals surface area (Å²) in [5.41, 5.74) is 5.80. The number of nitrogens with zero attached hydrogens (tertiary/aromatic N) is 5. The number of ether oxygens (including phenoxy) is 1. The number of amides is 2. The molecule has 2 aliphatic rings. The van der Waals surface area contributed by atoms with Gasteiger partial charge in [0, 0.05) is 30.7 Å². The van der Waals surface area contributed by atoms with E-state index in [-0.39, 0.29) is 30.5 Å². The molecule has 0 unspecified atom stereocenters. The molecule has 2 saturated heterocycles. The molecule has 2 atom stereocenters. The minimum Gasteiger partial charge on any atom is -0.484 e. The summed E-state index contributed by atoms with van der Waals surface area (Å²) in [6.07, 6.45) is 7.15. The molecule has 2 aliphatic heterocycles. The van der Waals surface area contributed by atoms with Crippen molar-refractivity contribution in [3.8, 4) is 11.4 Å². The summed E-state index contributed by atoms with van der Waals surface area (Å²) < 4.78 is 7.70. The van der Waals surface area contributed by atoms with Crippen LogP contribution in [0.4, 0.5) is 5.82 Å². The number of hydrazone groups is 1. The highest BCUT2D eigenvalue weighted by Crippen LogP contribution is 2.29. The first-order chi connectivity index (χ1) is 19.4. The van der Waals surface area contributed by atoms with Gasteiger partial charge in [-0.25, -0.2) is 10.1 Å². The van der Waals surface area contributed by atoms with Crippen LogP contribution in [-0.2, 0) is 4.79 Å². The van der Waals surface area contributed by atoms with Crippen LogP contribution >= 0.6 is 0 Å². The molecular formula is C31H38N6O3. The van der Waals surface area contributed by atoms with Gasteiger partial charge in [-0.2, -0.15) is 10.2 Å². The SMILES string of the molecule is Cc1nn(-c2ccccc2)c(N2CCCC2)c1/C=N\NC(=O)c1ccc(OCC(=O)N2[C@H](C)CCC[C@H]2C)cc1. The molecule has 0 spiro atoms. The fourth-order valence-electron chi connectivity index (χ4n) is 5.72. The number of nitrogens with one attached hydrogen (secondary N) is 1. The Morgan fingerprint density at radius 3 is 2.35 bits per heavy atom. The summed E-state index contributed by atoms with van der Waals surface area (Å²) in [4.78, 5) is 29.8.